The van der Waals surface area contributed by atoms with Gasteiger partial charge in [-0.1, -0.05) is 19.9 Å². The predicted molar refractivity (Wildman–Crippen MR) is 124 cm³/mol. The lowest BCUT2D eigenvalue weighted by Crippen LogP contribution is -2.47. The zero-order chi connectivity index (χ0) is 23.2. The summed E-state index contributed by atoms with van der Waals surface area (Å²) in [6.07, 6.45) is 1.99. The number of nitrogens with one attached hydrogen (secondary N) is 1. The van der Waals surface area contributed by atoms with Crippen LogP contribution in [0.3, 0.4) is 0 Å². The van der Waals surface area contributed by atoms with E-state index >= 15 is 0 Å². The van der Waals surface area contributed by atoms with Gasteiger partial charge in [0, 0.05) is 17.8 Å². The largest absolute Gasteiger partial charge is 0.489 e. The topological polar surface area (TPSA) is 69.7 Å². The number of carbonyl (C=O) groups excluding carboxylic acids is 1. The predicted octanol–water partition coefficient (Wildman–Crippen LogP) is 5.77. The molecule has 0 saturated carbocycles. The van der Waals surface area contributed by atoms with E-state index in [0.717, 1.165) is 22.4 Å². The molecule has 1 N–H and O–H groups in total. The van der Waals surface area contributed by atoms with Crippen molar-refractivity contribution in [1.29, 1.82) is 0 Å². The summed E-state index contributed by atoms with van der Waals surface area (Å²) < 4.78 is 17.2. The van der Waals surface area contributed by atoms with E-state index in [1.54, 1.807) is 13.3 Å². The fourth-order valence-electron chi connectivity index (χ4n) is 3.47. The van der Waals surface area contributed by atoms with Crippen molar-refractivity contribution in [3.8, 4) is 22.8 Å². The van der Waals surface area contributed by atoms with E-state index in [1.807, 2.05) is 58.9 Å². The van der Waals surface area contributed by atoms with Crippen molar-refractivity contribution in [2.24, 2.45) is 5.92 Å². The number of hydrogen-bond donors (Lipinski definition) is 1. The Morgan fingerprint density at radius 1 is 1.10 bits per heavy atom. The number of carbonyl (C=O) groups is 1. The van der Waals surface area contributed by atoms with E-state index in [2.05, 4.69) is 30.2 Å². The first-order valence-corrected chi connectivity index (χ1v) is 10.7. The first-order valence-electron chi connectivity index (χ1n) is 10.7. The monoisotopic (exact) mass is 428 g/mol. The highest BCUT2D eigenvalue weighted by Gasteiger charge is 2.32. The third-order valence-electron chi connectivity index (χ3n) is 4.64. The zero-order valence-electron chi connectivity index (χ0n) is 20.0. The van der Waals surface area contributed by atoms with Crippen LogP contribution in [0.2, 0.25) is 0 Å². The molecule has 0 spiro atoms. The SMILES string of the molecule is COc1cc(-c2ccc(OC[C@](C)(CC(C)C)OC(=O)NC(C)(C)C)c(C)c2)ccn1. The van der Waals surface area contributed by atoms with Crippen LogP contribution >= 0.6 is 0 Å². The Bertz CT molecular complexity index is 889. The number of hydrogen-bond acceptors (Lipinski definition) is 5. The van der Waals surface area contributed by atoms with Crippen LogP contribution in [0.15, 0.2) is 36.5 Å². The van der Waals surface area contributed by atoms with E-state index in [1.165, 1.54) is 0 Å². The molecule has 0 aliphatic carbocycles. The van der Waals surface area contributed by atoms with Crippen LogP contribution in [0.25, 0.3) is 11.1 Å². The molecule has 6 nitrogen and oxygen atoms in total. The van der Waals surface area contributed by atoms with E-state index in [9.17, 15) is 4.79 Å². The quantitative estimate of drug-likeness (QED) is 0.578. The van der Waals surface area contributed by atoms with Gasteiger partial charge in [0.15, 0.2) is 0 Å². The third-order valence-corrected chi connectivity index (χ3v) is 4.64. The second-order valence-electron chi connectivity index (χ2n) is 9.67. The van der Waals surface area contributed by atoms with Gasteiger partial charge in [-0.2, -0.15) is 0 Å². The zero-order valence-corrected chi connectivity index (χ0v) is 20.0. The summed E-state index contributed by atoms with van der Waals surface area (Å²) >= 11 is 0. The molecule has 1 heterocycles. The molecule has 2 rings (SSSR count). The molecule has 0 aliphatic rings. The number of rotatable bonds is 8. The van der Waals surface area contributed by atoms with Crippen molar-refractivity contribution in [1.82, 2.24) is 10.3 Å². The smallest absolute Gasteiger partial charge is 0.408 e. The van der Waals surface area contributed by atoms with Gasteiger partial charge in [-0.3, -0.25) is 0 Å². The van der Waals surface area contributed by atoms with Crippen molar-refractivity contribution in [3.05, 3.63) is 42.1 Å². The molecular weight excluding hydrogens is 392 g/mol. The number of ether oxygens (including phenoxy) is 3. The van der Waals surface area contributed by atoms with E-state index in [4.69, 9.17) is 14.2 Å². The molecule has 0 aliphatic heterocycles. The molecule has 1 amide bonds. The summed E-state index contributed by atoms with van der Waals surface area (Å²) in [5.74, 6) is 1.69. The molecule has 0 fully saturated rings. The van der Waals surface area contributed by atoms with Crippen LogP contribution in [0.4, 0.5) is 4.79 Å². The molecule has 0 unspecified atom stereocenters. The minimum absolute atomic E-state index is 0.270. The van der Waals surface area contributed by atoms with Crippen LogP contribution in [-0.4, -0.2) is 35.9 Å². The van der Waals surface area contributed by atoms with E-state index in [0.29, 0.717) is 18.2 Å². The summed E-state index contributed by atoms with van der Waals surface area (Å²) in [4.78, 5) is 16.5. The maximum absolute atomic E-state index is 12.4. The summed E-state index contributed by atoms with van der Waals surface area (Å²) in [5.41, 5.74) is 1.97. The molecule has 1 aromatic heterocycles. The Kier molecular flexibility index (Phi) is 7.93. The number of pyridine rings is 1. The second kappa shape index (κ2) is 10.0. The van der Waals surface area contributed by atoms with Crippen molar-refractivity contribution in [3.63, 3.8) is 0 Å². The van der Waals surface area contributed by atoms with Gasteiger partial charge < -0.3 is 19.5 Å². The number of aromatic nitrogens is 1. The normalized spacial score (nSPS) is 13.5. The van der Waals surface area contributed by atoms with Crippen LogP contribution in [0.1, 0.15) is 53.5 Å². The van der Waals surface area contributed by atoms with Gasteiger partial charge in [0.2, 0.25) is 5.88 Å². The van der Waals surface area contributed by atoms with Gasteiger partial charge in [-0.15, -0.1) is 0 Å². The standard InChI is InChI=1S/C25H36N2O4/c1-17(2)15-25(7,31-23(28)27-24(4,5)6)16-30-21-10-9-19(13-18(21)3)20-11-12-26-22(14-20)29-8/h9-14,17H,15-16H2,1-8H3,(H,27,28)/t25-/m0/s1. The number of benzene rings is 1. The summed E-state index contributed by atoms with van der Waals surface area (Å²) in [7, 11) is 1.60. The Balaban J connectivity index is 2.14. The number of amides is 1. The van der Waals surface area contributed by atoms with Gasteiger partial charge in [-0.25, -0.2) is 9.78 Å². The van der Waals surface area contributed by atoms with Gasteiger partial charge in [-0.05, 0) is 81.8 Å². The molecule has 170 valence electrons. The molecule has 0 bridgehead atoms. The third kappa shape index (κ3) is 7.78. The second-order valence-corrected chi connectivity index (χ2v) is 9.67. The number of nitrogens with zero attached hydrogens (tertiary/aromatic N) is 1. The molecule has 1 atom stereocenters. The summed E-state index contributed by atoms with van der Waals surface area (Å²) in [6, 6.07) is 9.86. The fraction of sp³-hybridized carbons (Fsp3) is 0.520. The van der Waals surface area contributed by atoms with E-state index in [-0.39, 0.29) is 12.1 Å². The van der Waals surface area contributed by atoms with Crippen LogP contribution in [-0.2, 0) is 4.74 Å². The highest BCUT2D eigenvalue weighted by atomic mass is 16.6. The lowest BCUT2D eigenvalue weighted by atomic mass is 9.94. The highest BCUT2D eigenvalue weighted by molar-refractivity contribution is 5.68. The maximum atomic E-state index is 12.4. The maximum Gasteiger partial charge on any atom is 0.408 e. The summed E-state index contributed by atoms with van der Waals surface area (Å²) in [5, 5.41) is 2.86. The Hall–Kier alpha value is -2.76. The summed E-state index contributed by atoms with van der Waals surface area (Å²) in [6.45, 7) is 14.2. The minimum atomic E-state index is -0.743. The van der Waals surface area contributed by atoms with Crippen molar-refractivity contribution >= 4 is 6.09 Å². The van der Waals surface area contributed by atoms with Gasteiger partial charge in [0.25, 0.3) is 0 Å². The molecule has 6 heteroatoms. The van der Waals surface area contributed by atoms with Gasteiger partial charge >= 0.3 is 6.09 Å². The van der Waals surface area contributed by atoms with Gasteiger partial charge in [0.05, 0.1) is 7.11 Å². The molecular formula is C25H36N2O4. The highest BCUT2D eigenvalue weighted by Crippen LogP contribution is 2.29. The van der Waals surface area contributed by atoms with Crippen molar-refractivity contribution < 1.29 is 19.0 Å². The minimum Gasteiger partial charge on any atom is -0.489 e. The molecule has 31 heavy (non-hydrogen) atoms. The molecule has 0 saturated heterocycles. The first kappa shape index (κ1) is 24.5. The lowest BCUT2D eigenvalue weighted by molar-refractivity contribution is -0.0251. The lowest BCUT2D eigenvalue weighted by Gasteiger charge is -2.33. The average Bonchev–Trinajstić information content (AvgIpc) is 2.64. The van der Waals surface area contributed by atoms with Gasteiger partial charge in [0.1, 0.15) is 18.0 Å². The number of methoxy groups -OCH3 is 1. The van der Waals surface area contributed by atoms with Crippen molar-refractivity contribution in [2.45, 2.75) is 66.0 Å². The van der Waals surface area contributed by atoms with Crippen LogP contribution in [0, 0.1) is 12.8 Å². The average molecular weight is 429 g/mol. The van der Waals surface area contributed by atoms with Crippen molar-refractivity contribution in [2.75, 3.05) is 13.7 Å². The Labute approximate surface area is 186 Å². The number of alkyl carbamates (subject to hydrolysis) is 1. The van der Waals surface area contributed by atoms with Crippen LogP contribution in [0.5, 0.6) is 11.6 Å². The van der Waals surface area contributed by atoms with E-state index < -0.39 is 11.7 Å². The molecule has 2 aromatic rings. The molecule has 0 radical (unpaired) electrons. The number of aryl methyl sites for hydroxylation is 1. The first-order chi connectivity index (χ1) is 14.4. The Morgan fingerprint density at radius 3 is 2.35 bits per heavy atom. The fourth-order valence-corrected chi connectivity index (χ4v) is 3.47. The molecule has 1 aromatic carbocycles. The Morgan fingerprint density at radius 2 is 1.77 bits per heavy atom. The van der Waals surface area contributed by atoms with Crippen LogP contribution < -0.4 is 14.8 Å².